The van der Waals surface area contributed by atoms with Crippen molar-refractivity contribution in [1.29, 1.82) is 0 Å². The average molecular weight is 306 g/mol. The van der Waals surface area contributed by atoms with Crippen LogP contribution < -0.4 is 0 Å². The van der Waals surface area contributed by atoms with Gasteiger partial charge in [0.15, 0.2) is 5.82 Å². The summed E-state index contributed by atoms with van der Waals surface area (Å²) in [6.07, 6.45) is 5.53. The number of aromatic nitrogens is 2. The summed E-state index contributed by atoms with van der Waals surface area (Å²) in [6, 6.07) is 1.89. The summed E-state index contributed by atoms with van der Waals surface area (Å²) in [4.78, 5) is 8.83. The van der Waals surface area contributed by atoms with Crippen molar-refractivity contribution in [2.75, 3.05) is 7.11 Å². The van der Waals surface area contributed by atoms with E-state index in [-0.39, 0.29) is 32.7 Å². The number of hydrogen-bond acceptors (Lipinski definition) is 3. The second-order valence-electron chi connectivity index (χ2n) is 4.19. The molecule has 0 amide bonds. The van der Waals surface area contributed by atoms with E-state index in [1.807, 2.05) is 13.0 Å². The van der Waals surface area contributed by atoms with Crippen molar-refractivity contribution >= 4 is 5.57 Å². The quantitative estimate of drug-likeness (QED) is 0.788. The Morgan fingerprint density at radius 2 is 2.18 bits per heavy atom. The van der Waals surface area contributed by atoms with Gasteiger partial charge in [-0.15, -0.1) is 0 Å². The maximum atomic E-state index is 5.33. The Morgan fingerprint density at radius 1 is 1.41 bits per heavy atom. The maximum Gasteiger partial charge on any atom is 0.150 e. The van der Waals surface area contributed by atoms with Gasteiger partial charge in [0, 0.05) is 39.8 Å². The van der Waals surface area contributed by atoms with E-state index in [9.17, 15) is 0 Å². The Hall–Kier alpha value is -0.246. The zero-order chi connectivity index (χ0) is 11.5. The molecule has 2 rings (SSSR count). The van der Waals surface area contributed by atoms with Crippen molar-refractivity contribution < 1.29 is 37.4 Å². The average Bonchev–Trinajstić information content (AvgIpc) is 2.28. The molecule has 0 saturated carbocycles. The molecule has 0 saturated heterocycles. The summed E-state index contributed by atoms with van der Waals surface area (Å²) in [5.41, 5.74) is 2.99. The monoisotopic (exact) mass is 306 g/mol. The standard InChI is InChI=1S/C13H17N2O.Y/c1-9-8-10(2)15-13(14-9)11-4-6-12(16-3)7-5-11;/h4,8,12H,1,5-7H2,2-3H3;/q-1;/t12-;/m0./s1. The third kappa shape index (κ3) is 3.87. The van der Waals surface area contributed by atoms with Crippen molar-refractivity contribution in [2.24, 2.45) is 0 Å². The molecule has 0 bridgehead atoms. The van der Waals surface area contributed by atoms with Gasteiger partial charge in [-0.25, -0.2) is 6.92 Å². The van der Waals surface area contributed by atoms with Gasteiger partial charge < -0.3 is 4.74 Å². The van der Waals surface area contributed by atoms with E-state index in [0.717, 1.165) is 36.5 Å². The van der Waals surface area contributed by atoms with Gasteiger partial charge in [0.25, 0.3) is 0 Å². The molecule has 0 N–H and O–H groups in total. The van der Waals surface area contributed by atoms with Crippen LogP contribution in [0.3, 0.4) is 0 Å². The molecule has 1 aromatic heterocycles. The second kappa shape index (κ2) is 6.62. The summed E-state index contributed by atoms with van der Waals surface area (Å²) in [5, 5.41) is 0. The predicted molar refractivity (Wildman–Crippen MR) is 63.9 cm³/mol. The molecule has 1 aromatic rings. The summed E-state index contributed by atoms with van der Waals surface area (Å²) >= 11 is 0. The zero-order valence-electron chi connectivity index (χ0n) is 10.4. The molecule has 3 nitrogen and oxygen atoms in total. The SMILES string of the molecule is [CH2-]c1cc(C)nc(C2=CC[C@H](OC)CC2)n1.[Y]. The Bertz CT molecular complexity index is 398. The van der Waals surface area contributed by atoms with Crippen LogP contribution in [-0.4, -0.2) is 23.2 Å². The van der Waals surface area contributed by atoms with Crippen LogP contribution in [0.2, 0.25) is 0 Å². The Kier molecular flexibility index (Phi) is 5.77. The molecule has 0 fully saturated rings. The fourth-order valence-corrected chi connectivity index (χ4v) is 2.00. The molecule has 0 spiro atoms. The maximum absolute atomic E-state index is 5.33. The predicted octanol–water partition coefficient (Wildman–Crippen LogP) is 2.55. The summed E-state index contributed by atoms with van der Waals surface area (Å²) in [7, 11) is 1.76. The third-order valence-electron chi connectivity index (χ3n) is 2.89. The first kappa shape index (κ1) is 14.8. The molecular weight excluding hydrogens is 289 g/mol. The van der Waals surface area contributed by atoms with Crippen LogP contribution in [0.25, 0.3) is 5.57 Å². The Morgan fingerprint density at radius 3 is 2.71 bits per heavy atom. The topological polar surface area (TPSA) is 35.0 Å². The molecule has 89 valence electrons. The number of hydrogen-bond donors (Lipinski definition) is 0. The number of rotatable bonds is 2. The molecule has 1 radical (unpaired) electrons. The van der Waals surface area contributed by atoms with Gasteiger partial charge in [0.2, 0.25) is 0 Å². The molecule has 1 aliphatic carbocycles. The van der Waals surface area contributed by atoms with Crippen molar-refractivity contribution in [2.45, 2.75) is 32.3 Å². The molecular formula is C13H17N2OY-. The number of methoxy groups -OCH3 is 1. The molecule has 0 aromatic carbocycles. The first-order valence-electron chi connectivity index (χ1n) is 5.59. The van der Waals surface area contributed by atoms with Gasteiger partial charge in [-0.05, 0) is 37.5 Å². The van der Waals surface area contributed by atoms with Gasteiger partial charge in [-0.2, -0.15) is 6.07 Å². The van der Waals surface area contributed by atoms with Gasteiger partial charge >= 0.3 is 0 Å². The van der Waals surface area contributed by atoms with Crippen LogP contribution in [0.15, 0.2) is 12.1 Å². The summed E-state index contributed by atoms with van der Waals surface area (Å²) in [5.74, 6) is 0.833. The van der Waals surface area contributed by atoms with Gasteiger partial charge in [-0.1, -0.05) is 11.8 Å². The minimum absolute atomic E-state index is 0. The van der Waals surface area contributed by atoms with Crippen LogP contribution in [0, 0.1) is 13.8 Å². The summed E-state index contributed by atoms with van der Waals surface area (Å²) < 4.78 is 5.33. The number of ether oxygens (including phenoxy) is 1. The van der Waals surface area contributed by atoms with E-state index in [4.69, 9.17) is 4.74 Å². The van der Waals surface area contributed by atoms with E-state index >= 15 is 0 Å². The van der Waals surface area contributed by atoms with Crippen LogP contribution in [-0.2, 0) is 37.4 Å². The molecule has 1 heterocycles. The van der Waals surface area contributed by atoms with Gasteiger partial charge in [0.1, 0.15) is 0 Å². The summed E-state index contributed by atoms with van der Waals surface area (Å²) in [6.45, 7) is 5.84. The number of aryl methyl sites for hydroxylation is 1. The van der Waals surface area contributed by atoms with Crippen molar-refractivity contribution in [3.8, 4) is 0 Å². The van der Waals surface area contributed by atoms with Crippen LogP contribution in [0.1, 0.15) is 36.5 Å². The van der Waals surface area contributed by atoms with E-state index in [2.05, 4.69) is 23.0 Å². The first-order valence-corrected chi connectivity index (χ1v) is 5.59. The van der Waals surface area contributed by atoms with E-state index in [0.29, 0.717) is 6.10 Å². The zero-order valence-corrected chi connectivity index (χ0v) is 13.3. The fourth-order valence-electron chi connectivity index (χ4n) is 2.00. The fraction of sp³-hybridized carbons (Fsp3) is 0.462. The molecule has 1 atom stereocenters. The van der Waals surface area contributed by atoms with Crippen LogP contribution in [0.4, 0.5) is 0 Å². The smallest absolute Gasteiger partial charge is 0.150 e. The Balaban J connectivity index is 0.00000144. The van der Waals surface area contributed by atoms with Gasteiger partial charge in [-0.3, -0.25) is 9.97 Å². The molecule has 0 unspecified atom stereocenters. The van der Waals surface area contributed by atoms with E-state index in [1.54, 1.807) is 7.11 Å². The van der Waals surface area contributed by atoms with Crippen molar-refractivity contribution in [1.82, 2.24) is 9.97 Å². The third-order valence-corrected chi connectivity index (χ3v) is 2.89. The van der Waals surface area contributed by atoms with E-state index < -0.39 is 0 Å². The van der Waals surface area contributed by atoms with Crippen molar-refractivity contribution in [3.05, 3.63) is 36.3 Å². The largest absolute Gasteiger partial charge is 0.381 e. The molecule has 4 heteroatoms. The van der Waals surface area contributed by atoms with Crippen LogP contribution in [0.5, 0.6) is 0 Å². The van der Waals surface area contributed by atoms with Gasteiger partial charge in [0.05, 0.1) is 6.10 Å². The van der Waals surface area contributed by atoms with E-state index in [1.165, 1.54) is 5.57 Å². The van der Waals surface area contributed by atoms with Crippen molar-refractivity contribution in [3.63, 3.8) is 0 Å². The van der Waals surface area contributed by atoms with Crippen LogP contribution >= 0.6 is 0 Å². The molecule has 1 aliphatic rings. The Labute approximate surface area is 128 Å². The first-order chi connectivity index (χ1) is 7.69. The normalized spacial score (nSPS) is 19.4. The number of nitrogens with zero attached hydrogens (tertiary/aromatic N) is 2. The minimum Gasteiger partial charge on any atom is -0.381 e. The number of allylic oxidation sites excluding steroid dienone is 1. The molecule has 0 aliphatic heterocycles. The molecule has 17 heavy (non-hydrogen) atoms. The second-order valence-corrected chi connectivity index (χ2v) is 4.19. The minimum atomic E-state index is 0.